The zero-order valence-corrected chi connectivity index (χ0v) is 29.3. The van der Waals surface area contributed by atoms with Crippen molar-refractivity contribution in [3.05, 3.63) is 188 Å². The number of nitrogens with zero attached hydrogens (tertiary/aromatic N) is 1. The van der Waals surface area contributed by atoms with Gasteiger partial charge in [0.2, 0.25) is 0 Å². The lowest BCUT2D eigenvalue weighted by molar-refractivity contribution is 1.18. The van der Waals surface area contributed by atoms with Gasteiger partial charge in [-0.3, -0.25) is 0 Å². The van der Waals surface area contributed by atoms with E-state index in [2.05, 4.69) is 193 Å². The Hall–Kier alpha value is -5.74. The quantitative estimate of drug-likeness (QED) is 0.182. The molecule has 0 atom stereocenters. The summed E-state index contributed by atoms with van der Waals surface area (Å²) in [5.41, 5.74) is 13.6. The molecule has 1 nitrogen and oxygen atoms in total. The van der Waals surface area contributed by atoms with Crippen LogP contribution in [0.4, 0.5) is 0 Å². The zero-order valence-electron chi connectivity index (χ0n) is 27.7. The number of fused-ring (bicyclic) bond motifs is 9. The first kappa shape index (κ1) is 30.1. The predicted molar refractivity (Wildman–Crippen MR) is 217 cm³/mol. The molecule has 0 radical (unpaired) electrons. The van der Waals surface area contributed by atoms with Crippen LogP contribution >= 0.6 is 23.5 Å². The monoisotopic (exact) mass is 685 g/mol. The van der Waals surface area contributed by atoms with Gasteiger partial charge < -0.3 is 4.57 Å². The van der Waals surface area contributed by atoms with Gasteiger partial charge in [0.25, 0.3) is 0 Å². The van der Waals surface area contributed by atoms with Gasteiger partial charge in [-0.15, -0.1) is 0 Å². The van der Waals surface area contributed by atoms with E-state index in [4.69, 9.17) is 0 Å². The minimum absolute atomic E-state index is 1.17. The maximum atomic E-state index is 2.41. The molecule has 0 spiro atoms. The number of para-hydroxylation sites is 2. The van der Waals surface area contributed by atoms with Crippen molar-refractivity contribution in [1.82, 2.24) is 4.57 Å². The second kappa shape index (κ2) is 12.5. The Balaban J connectivity index is 1.30. The summed E-state index contributed by atoms with van der Waals surface area (Å²) in [6.07, 6.45) is 0. The second-order valence-electron chi connectivity index (χ2n) is 12.8. The fraction of sp³-hybridized carbons (Fsp3) is 0. The van der Waals surface area contributed by atoms with E-state index >= 15 is 0 Å². The molecule has 3 heteroatoms. The van der Waals surface area contributed by atoms with E-state index in [1.165, 1.54) is 91.6 Å². The minimum Gasteiger partial charge on any atom is -0.309 e. The van der Waals surface area contributed by atoms with Crippen LogP contribution < -0.4 is 0 Å². The maximum Gasteiger partial charge on any atom is 0.0547 e. The Morgan fingerprint density at radius 1 is 0.333 bits per heavy atom. The topological polar surface area (TPSA) is 4.93 Å². The first-order chi connectivity index (χ1) is 25.3. The van der Waals surface area contributed by atoms with Crippen LogP contribution in [0.15, 0.2) is 208 Å². The van der Waals surface area contributed by atoms with E-state index in [-0.39, 0.29) is 0 Å². The molecule has 0 N–H and O–H groups in total. The van der Waals surface area contributed by atoms with Crippen molar-refractivity contribution in [2.75, 3.05) is 0 Å². The van der Waals surface area contributed by atoms with Gasteiger partial charge in [-0.25, -0.2) is 0 Å². The molecule has 0 bridgehead atoms. The van der Waals surface area contributed by atoms with Crippen LogP contribution in [0.2, 0.25) is 0 Å². The van der Waals surface area contributed by atoms with E-state index in [1.807, 2.05) is 23.5 Å². The first-order valence-corrected chi connectivity index (χ1v) is 18.9. The zero-order chi connectivity index (χ0) is 33.7. The summed E-state index contributed by atoms with van der Waals surface area (Å²) >= 11 is 3.76. The molecule has 0 aliphatic carbocycles. The highest BCUT2D eigenvalue weighted by Gasteiger charge is 2.25. The van der Waals surface area contributed by atoms with Gasteiger partial charge in [-0.05, 0) is 81.4 Å². The van der Waals surface area contributed by atoms with Crippen molar-refractivity contribution in [3.63, 3.8) is 0 Å². The average molecular weight is 686 g/mol. The van der Waals surface area contributed by atoms with Crippen molar-refractivity contribution in [1.29, 1.82) is 0 Å². The summed E-state index contributed by atoms with van der Waals surface area (Å²) in [5, 5.41) is 2.53. The standard InChI is InChI=1S/C48H31NS2/c1-3-16-32(17-4-1)34-23-15-31-45-47(34)40-22-9-12-30-44(40)50-43-29-11-8-20-35(43)37-25-13-26-38(48(37)51-45)36-24-14-28-42-46(36)39-21-7-10-27-41(39)49(42)33-18-5-2-6-19-33/h1-31H. The van der Waals surface area contributed by atoms with Crippen LogP contribution in [0.3, 0.4) is 0 Å². The van der Waals surface area contributed by atoms with Crippen LogP contribution in [0.5, 0.6) is 0 Å². The normalized spacial score (nSPS) is 12.2. The number of hydrogen-bond donors (Lipinski definition) is 0. The molecule has 8 aromatic carbocycles. The maximum absolute atomic E-state index is 2.41. The molecular formula is C48H31NS2. The van der Waals surface area contributed by atoms with Crippen molar-refractivity contribution in [2.45, 2.75) is 19.6 Å². The molecule has 9 aromatic rings. The third kappa shape index (κ3) is 5.04. The molecule has 1 aliphatic rings. The Morgan fingerprint density at radius 3 is 1.69 bits per heavy atom. The van der Waals surface area contributed by atoms with Gasteiger partial charge in [0.05, 0.1) is 11.0 Å². The van der Waals surface area contributed by atoms with Gasteiger partial charge in [0.15, 0.2) is 0 Å². The summed E-state index contributed by atoms with van der Waals surface area (Å²) in [7, 11) is 0. The van der Waals surface area contributed by atoms with Crippen LogP contribution in [-0.2, 0) is 0 Å². The lowest BCUT2D eigenvalue weighted by Gasteiger charge is -2.23. The highest BCUT2D eigenvalue weighted by Crippen LogP contribution is 2.53. The lowest BCUT2D eigenvalue weighted by Crippen LogP contribution is -1.96. The Morgan fingerprint density at radius 2 is 0.863 bits per heavy atom. The molecular weight excluding hydrogens is 655 g/mol. The van der Waals surface area contributed by atoms with Crippen molar-refractivity contribution in [2.24, 2.45) is 0 Å². The molecule has 1 aromatic heterocycles. The van der Waals surface area contributed by atoms with Crippen molar-refractivity contribution < 1.29 is 0 Å². The lowest BCUT2D eigenvalue weighted by atomic mass is 9.94. The fourth-order valence-corrected chi connectivity index (χ4v) is 10.1. The molecule has 0 amide bonds. The Labute approximate surface area is 306 Å². The second-order valence-corrected chi connectivity index (χ2v) is 14.9. The SMILES string of the molecule is c1ccc(-c2cccc3c2-c2ccccc2Sc2ccccc2-c2cccc(-c4cccc5c4c4ccccc4n5-c4ccccc4)c2S3)cc1. The predicted octanol–water partition coefficient (Wildman–Crippen LogP) is 14.1. The van der Waals surface area contributed by atoms with Gasteiger partial charge in [0, 0.05) is 41.6 Å². The average Bonchev–Trinajstić information content (AvgIpc) is 3.54. The molecule has 240 valence electrons. The van der Waals surface area contributed by atoms with Gasteiger partial charge in [-0.1, -0.05) is 169 Å². The van der Waals surface area contributed by atoms with Crippen LogP contribution in [-0.4, -0.2) is 4.57 Å². The number of rotatable bonds is 3. The summed E-state index contributed by atoms with van der Waals surface area (Å²) < 4.78 is 2.41. The molecule has 2 heterocycles. The molecule has 51 heavy (non-hydrogen) atoms. The number of benzene rings is 8. The Bertz CT molecular complexity index is 2740. The smallest absolute Gasteiger partial charge is 0.0547 e. The first-order valence-electron chi connectivity index (χ1n) is 17.3. The van der Waals surface area contributed by atoms with E-state index in [0.29, 0.717) is 0 Å². The summed E-state index contributed by atoms with van der Waals surface area (Å²) in [6.45, 7) is 0. The van der Waals surface area contributed by atoms with Gasteiger partial charge in [0.1, 0.15) is 0 Å². The fourth-order valence-electron chi connectivity index (χ4n) is 7.69. The molecule has 0 saturated heterocycles. The third-order valence-corrected chi connectivity index (χ3v) is 12.2. The van der Waals surface area contributed by atoms with Gasteiger partial charge in [-0.2, -0.15) is 0 Å². The molecule has 0 saturated carbocycles. The minimum atomic E-state index is 1.17. The highest BCUT2D eigenvalue weighted by atomic mass is 32.2. The van der Waals surface area contributed by atoms with Gasteiger partial charge >= 0.3 is 0 Å². The van der Waals surface area contributed by atoms with E-state index in [9.17, 15) is 0 Å². The summed E-state index contributed by atoms with van der Waals surface area (Å²) in [5.74, 6) is 0. The highest BCUT2D eigenvalue weighted by molar-refractivity contribution is 8.00. The third-order valence-electron chi connectivity index (χ3n) is 9.89. The molecule has 10 rings (SSSR count). The number of hydrogen-bond acceptors (Lipinski definition) is 2. The molecule has 1 aliphatic heterocycles. The van der Waals surface area contributed by atoms with Crippen LogP contribution in [0, 0.1) is 0 Å². The summed E-state index contributed by atoms with van der Waals surface area (Å²) in [4.78, 5) is 5.02. The van der Waals surface area contributed by atoms with Crippen molar-refractivity contribution >= 4 is 45.3 Å². The van der Waals surface area contributed by atoms with E-state index in [1.54, 1.807) is 0 Å². The Kier molecular flexibility index (Phi) is 7.41. The molecule has 0 unspecified atom stereocenters. The van der Waals surface area contributed by atoms with Crippen LogP contribution in [0.25, 0.3) is 72.0 Å². The van der Waals surface area contributed by atoms with E-state index < -0.39 is 0 Å². The summed E-state index contributed by atoms with van der Waals surface area (Å²) in [6, 6.07) is 68.7. The largest absolute Gasteiger partial charge is 0.309 e. The van der Waals surface area contributed by atoms with Crippen molar-refractivity contribution in [3.8, 4) is 50.2 Å². The number of aromatic nitrogens is 1. The molecule has 0 fully saturated rings. The van der Waals surface area contributed by atoms with E-state index in [0.717, 1.165) is 0 Å². The van der Waals surface area contributed by atoms with Crippen LogP contribution in [0.1, 0.15) is 0 Å².